The zero-order valence-electron chi connectivity index (χ0n) is 8.79. The van der Waals surface area contributed by atoms with Gasteiger partial charge in [0, 0.05) is 16.5 Å². The van der Waals surface area contributed by atoms with E-state index in [0.717, 1.165) is 12.1 Å². The molecular weight excluding hydrogens is 229 g/mol. The van der Waals surface area contributed by atoms with E-state index in [1.54, 1.807) is 0 Å². The molecule has 88 valence electrons. The molecule has 17 heavy (non-hydrogen) atoms. The van der Waals surface area contributed by atoms with E-state index in [2.05, 4.69) is 10.0 Å². The molecule has 0 aliphatic rings. The van der Waals surface area contributed by atoms with Gasteiger partial charge in [0.25, 0.3) is 0 Å². The topological polar surface area (TPSA) is 95.3 Å². The highest BCUT2D eigenvalue weighted by Crippen LogP contribution is 2.19. The lowest BCUT2D eigenvalue weighted by Gasteiger charge is -2.02. The Morgan fingerprint density at radius 1 is 1.65 bits per heavy atom. The van der Waals surface area contributed by atoms with Crippen molar-refractivity contribution in [3.8, 4) is 5.75 Å². The van der Waals surface area contributed by atoms with Crippen LogP contribution in [0.4, 0.5) is 4.39 Å². The van der Waals surface area contributed by atoms with Gasteiger partial charge in [0.15, 0.2) is 0 Å². The van der Waals surface area contributed by atoms with Crippen molar-refractivity contribution in [2.75, 3.05) is 7.11 Å². The predicted molar refractivity (Wildman–Crippen MR) is 57.7 cm³/mol. The third-order valence-corrected chi connectivity index (χ3v) is 1.87. The largest absolute Gasteiger partial charge is 0.497 e. The first kappa shape index (κ1) is 12.5. The van der Waals surface area contributed by atoms with Crippen molar-refractivity contribution in [3.05, 3.63) is 45.7 Å². The molecule has 0 saturated carbocycles. The molecule has 1 rings (SSSR count). The van der Waals surface area contributed by atoms with E-state index in [-0.39, 0.29) is 5.56 Å². The lowest BCUT2D eigenvalue weighted by Crippen LogP contribution is -1.97. The van der Waals surface area contributed by atoms with Gasteiger partial charge in [-0.05, 0) is 23.7 Å². The molecule has 0 amide bonds. The third kappa shape index (κ3) is 3.22. The molecule has 0 aromatic heterocycles. The van der Waals surface area contributed by atoms with Crippen LogP contribution in [-0.2, 0) is 4.79 Å². The minimum atomic E-state index is -1.43. The average Bonchev–Trinajstić information content (AvgIpc) is 2.30. The van der Waals surface area contributed by atoms with Crippen molar-refractivity contribution in [1.29, 1.82) is 0 Å². The quantitative estimate of drug-likeness (QED) is 0.377. The molecule has 0 spiro atoms. The predicted octanol–water partition coefficient (Wildman–Crippen LogP) is 2.57. The van der Waals surface area contributed by atoms with Crippen molar-refractivity contribution >= 4 is 12.0 Å². The number of hydrogen-bond donors (Lipinski definition) is 1. The van der Waals surface area contributed by atoms with E-state index >= 15 is 0 Å². The summed E-state index contributed by atoms with van der Waals surface area (Å²) in [5, 5.41) is 11.6. The second-order valence-corrected chi connectivity index (χ2v) is 2.91. The van der Waals surface area contributed by atoms with Crippen LogP contribution in [0.5, 0.6) is 5.75 Å². The maximum atomic E-state index is 13.4. The number of aliphatic carboxylic acids is 1. The number of hydrogen-bond acceptors (Lipinski definition) is 3. The molecule has 0 atom stereocenters. The molecule has 0 aliphatic heterocycles. The van der Waals surface area contributed by atoms with Crippen LogP contribution in [-0.4, -0.2) is 18.2 Å². The van der Waals surface area contributed by atoms with E-state index in [4.69, 9.17) is 15.4 Å². The van der Waals surface area contributed by atoms with Crippen LogP contribution in [0.3, 0.4) is 0 Å². The minimum Gasteiger partial charge on any atom is -0.497 e. The summed E-state index contributed by atoms with van der Waals surface area (Å²) in [6.07, 6.45) is 0.941. The fourth-order valence-electron chi connectivity index (χ4n) is 1.08. The van der Waals surface area contributed by atoms with Crippen molar-refractivity contribution in [2.45, 2.75) is 0 Å². The van der Waals surface area contributed by atoms with Crippen LogP contribution in [0.2, 0.25) is 0 Å². The molecule has 1 N–H and O–H groups in total. The fourth-order valence-corrected chi connectivity index (χ4v) is 1.08. The van der Waals surface area contributed by atoms with Gasteiger partial charge >= 0.3 is 5.97 Å². The van der Waals surface area contributed by atoms with E-state index in [1.807, 2.05) is 0 Å². The summed E-state index contributed by atoms with van der Waals surface area (Å²) in [5.74, 6) is -1.80. The molecule has 6 nitrogen and oxygen atoms in total. The van der Waals surface area contributed by atoms with Crippen molar-refractivity contribution in [2.24, 2.45) is 5.11 Å². The number of nitrogens with zero attached hydrogens (tertiary/aromatic N) is 3. The monoisotopic (exact) mass is 237 g/mol. The number of carboxylic acids is 1. The second-order valence-electron chi connectivity index (χ2n) is 2.91. The van der Waals surface area contributed by atoms with Gasteiger partial charge in [0.1, 0.15) is 17.3 Å². The van der Waals surface area contributed by atoms with Gasteiger partial charge in [-0.1, -0.05) is 5.11 Å². The van der Waals surface area contributed by atoms with Crippen molar-refractivity contribution < 1.29 is 19.0 Å². The zero-order chi connectivity index (χ0) is 12.8. The Hall–Kier alpha value is -2.53. The van der Waals surface area contributed by atoms with E-state index in [9.17, 15) is 9.18 Å². The number of benzene rings is 1. The highest BCUT2D eigenvalue weighted by Gasteiger charge is 2.07. The van der Waals surface area contributed by atoms with Gasteiger partial charge in [0.2, 0.25) is 0 Å². The van der Waals surface area contributed by atoms with Crippen LogP contribution in [0, 0.1) is 5.82 Å². The molecule has 0 aliphatic carbocycles. The van der Waals surface area contributed by atoms with Gasteiger partial charge in [-0.15, -0.1) is 0 Å². The standard InChI is InChI=1S/C10H8FN3O3/c1-17-7-3-2-6(8(11)5-7)4-9(10(15)16)13-14-12/h2-5H,1H3,(H,15,16). The summed E-state index contributed by atoms with van der Waals surface area (Å²) < 4.78 is 18.2. The molecule has 1 aromatic rings. The number of carboxylic acid groups (broad SMARTS) is 1. The number of azide groups is 1. The Morgan fingerprint density at radius 3 is 2.82 bits per heavy atom. The Morgan fingerprint density at radius 2 is 2.35 bits per heavy atom. The first-order valence-electron chi connectivity index (χ1n) is 4.42. The lowest BCUT2D eigenvalue weighted by atomic mass is 10.1. The van der Waals surface area contributed by atoms with Crippen LogP contribution in [0.25, 0.3) is 16.5 Å². The van der Waals surface area contributed by atoms with Crippen molar-refractivity contribution in [3.63, 3.8) is 0 Å². The first-order valence-corrected chi connectivity index (χ1v) is 4.42. The molecule has 7 heteroatoms. The Kier molecular flexibility index (Phi) is 4.08. The summed E-state index contributed by atoms with van der Waals surface area (Å²) in [6, 6.07) is 3.88. The summed E-state index contributed by atoms with van der Waals surface area (Å²) in [4.78, 5) is 13.0. The molecule has 0 heterocycles. The van der Waals surface area contributed by atoms with E-state index < -0.39 is 17.5 Å². The van der Waals surface area contributed by atoms with Gasteiger partial charge in [0.05, 0.1) is 7.11 Å². The molecule has 0 radical (unpaired) electrons. The highest BCUT2D eigenvalue weighted by atomic mass is 19.1. The van der Waals surface area contributed by atoms with Gasteiger partial charge < -0.3 is 9.84 Å². The summed E-state index contributed by atoms with van der Waals surface area (Å²) >= 11 is 0. The summed E-state index contributed by atoms with van der Waals surface area (Å²) in [6.45, 7) is 0. The lowest BCUT2D eigenvalue weighted by molar-refractivity contribution is -0.132. The summed E-state index contributed by atoms with van der Waals surface area (Å²) in [7, 11) is 1.38. The van der Waals surface area contributed by atoms with Crippen LogP contribution >= 0.6 is 0 Å². The highest BCUT2D eigenvalue weighted by molar-refractivity contribution is 5.91. The molecular formula is C10H8FN3O3. The number of halogens is 1. The van der Waals surface area contributed by atoms with Gasteiger partial charge in [-0.25, -0.2) is 9.18 Å². The SMILES string of the molecule is COc1ccc(C=C(N=[N+]=[N-])C(=O)O)c(F)c1. The smallest absolute Gasteiger partial charge is 0.338 e. The third-order valence-electron chi connectivity index (χ3n) is 1.87. The fraction of sp³-hybridized carbons (Fsp3) is 0.100. The first-order chi connectivity index (χ1) is 8.08. The number of rotatable bonds is 4. The maximum Gasteiger partial charge on any atom is 0.338 e. The number of methoxy groups -OCH3 is 1. The molecule has 0 fully saturated rings. The average molecular weight is 237 g/mol. The summed E-state index contributed by atoms with van der Waals surface area (Å²) in [5.41, 5.74) is 7.56. The Bertz CT molecular complexity index is 518. The van der Waals surface area contributed by atoms with Crippen molar-refractivity contribution in [1.82, 2.24) is 0 Å². The van der Waals surface area contributed by atoms with Gasteiger partial charge in [-0.3, -0.25) is 0 Å². The van der Waals surface area contributed by atoms with E-state index in [1.165, 1.54) is 19.2 Å². The molecule has 0 bridgehead atoms. The Balaban J connectivity index is 3.20. The minimum absolute atomic E-state index is 0.00407. The second kappa shape index (κ2) is 5.53. The Labute approximate surface area is 95.6 Å². The normalized spacial score (nSPS) is 10.6. The molecule has 1 aromatic carbocycles. The number of carbonyl (C=O) groups is 1. The maximum absolute atomic E-state index is 13.4. The van der Waals surface area contributed by atoms with Gasteiger partial charge in [-0.2, -0.15) is 0 Å². The zero-order valence-corrected chi connectivity index (χ0v) is 8.79. The molecule has 0 unspecified atom stereocenters. The van der Waals surface area contributed by atoms with Crippen LogP contribution < -0.4 is 4.74 Å². The van der Waals surface area contributed by atoms with Crippen LogP contribution in [0.15, 0.2) is 29.0 Å². The van der Waals surface area contributed by atoms with E-state index in [0.29, 0.717) is 5.75 Å². The molecule has 0 saturated heterocycles. The number of ether oxygens (including phenoxy) is 1. The van der Waals surface area contributed by atoms with Crippen LogP contribution in [0.1, 0.15) is 5.56 Å².